The summed E-state index contributed by atoms with van der Waals surface area (Å²) in [5.74, 6) is 0. The van der Waals surface area contributed by atoms with E-state index in [1.54, 1.807) is 11.1 Å². The van der Waals surface area contributed by atoms with E-state index in [2.05, 4.69) is 12.2 Å². The van der Waals surface area contributed by atoms with Crippen molar-refractivity contribution in [2.75, 3.05) is 6.54 Å². The van der Waals surface area contributed by atoms with Gasteiger partial charge in [0, 0.05) is 12.6 Å². The first-order chi connectivity index (χ1) is 6.36. The Morgan fingerprint density at radius 2 is 1.77 bits per heavy atom. The molecular weight excluding hydrogens is 158 g/mol. The average Bonchev–Trinajstić information content (AvgIpc) is 2.20. The molecule has 1 aliphatic heterocycles. The maximum Gasteiger partial charge on any atom is 0.0169 e. The third kappa shape index (κ3) is 2.34. The molecule has 13 heavy (non-hydrogen) atoms. The molecule has 1 heteroatoms. The molecule has 0 spiro atoms. The number of hydrogen-bond acceptors (Lipinski definition) is 1. The third-order valence-electron chi connectivity index (χ3n) is 3.50. The van der Waals surface area contributed by atoms with E-state index in [1.165, 1.54) is 51.5 Å². The normalized spacial score (nSPS) is 30.7. The van der Waals surface area contributed by atoms with Crippen molar-refractivity contribution in [3.8, 4) is 0 Å². The maximum atomic E-state index is 3.57. The Kier molecular flexibility index (Phi) is 3.05. The van der Waals surface area contributed by atoms with Crippen LogP contribution in [-0.2, 0) is 0 Å². The van der Waals surface area contributed by atoms with E-state index in [1.807, 2.05) is 0 Å². The van der Waals surface area contributed by atoms with Crippen LogP contribution in [0.4, 0.5) is 0 Å². The van der Waals surface area contributed by atoms with Gasteiger partial charge >= 0.3 is 0 Å². The summed E-state index contributed by atoms with van der Waals surface area (Å²) in [5, 5.41) is 3.57. The van der Waals surface area contributed by atoms with E-state index in [0.717, 1.165) is 6.04 Å². The number of piperidine rings is 1. The van der Waals surface area contributed by atoms with E-state index < -0.39 is 0 Å². The van der Waals surface area contributed by atoms with E-state index in [4.69, 9.17) is 0 Å². The van der Waals surface area contributed by atoms with Gasteiger partial charge in [-0.3, -0.25) is 0 Å². The molecule has 0 aromatic rings. The lowest BCUT2D eigenvalue weighted by Gasteiger charge is -2.26. The second-order valence-corrected chi connectivity index (χ2v) is 4.59. The summed E-state index contributed by atoms with van der Waals surface area (Å²) in [6, 6.07) is 0.743. The van der Waals surface area contributed by atoms with Crippen LogP contribution in [0.1, 0.15) is 51.9 Å². The molecular formula is C12H21N. The Hall–Kier alpha value is -0.300. The zero-order chi connectivity index (χ0) is 9.10. The van der Waals surface area contributed by atoms with Crippen molar-refractivity contribution in [3.05, 3.63) is 11.1 Å². The first-order valence-corrected chi connectivity index (χ1v) is 5.79. The second kappa shape index (κ2) is 4.28. The molecule has 1 nitrogen and oxygen atoms in total. The van der Waals surface area contributed by atoms with Crippen LogP contribution in [0.5, 0.6) is 0 Å². The summed E-state index contributed by atoms with van der Waals surface area (Å²) in [4.78, 5) is 0. The SMILES string of the molecule is CC1CCC(=C2CCCCC2)CN1. The largest absolute Gasteiger partial charge is 0.311 e. The molecule has 0 aromatic carbocycles. The van der Waals surface area contributed by atoms with Gasteiger partial charge in [0.15, 0.2) is 0 Å². The molecule has 1 saturated carbocycles. The summed E-state index contributed by atoms with van der Waals surface area (Å²) in [7, 11) is 0. The van der Waals surface area contributed by atoms with Crippen LogP contribution in [0.15, 0.2) is 11.1 Å². The van der Waals surface area contributed by atoms with E-state index in [-0.39, 0.29) is 0 Å². The Morgan fingerprint density at radius 1 is 1.00 bits per heavy atom. The Morgan fingerprint density at radius 3 is 2.38 bits per heavy atom. The standard InChI is InChI=1S/C12H21N/c1-10-7-8-12(9-13-10)11-5-3-2-4-6-11/h10,13H,2-9H2,1H3. The summed E-state index contributed by atoms with van der Waals surface area (Å²) in [6.45, 7) is 3.47. The van der Waals surface area contributed by atoms with Crippen molar-refractivity contribution in [2.24, 2.45) is 0 Å². The molecule has 1 N–H and O–H groups in total. The van der Waals surface area contributed by atoms with Crippen molar-refractivity contribution in [3.63, 3.8) is 0 Å². The molecule has 1 atom stereocenters. The predicted octanol–water partition coefficient (Wildman–Crippen LogP) is 3.02. The highest BCUT2D eigenvalue weighted by Crippen LogP contribution is 2.28. The smallest absolute Gasteiger partial charge is 0.0169 e. The van der Waals surface area contributed by atoms with Crippen molar-refractivity contribution in [1.29, 1.82) is 0 Å². The van der Waals surface area contributed by atoms with Crippen LogP contribution in [0.2, 0.25) is 0 Å². The molecule has 1 aliphatic carbocycles. The van der Waals surface area contributed by atoms with E-state index in [9.17, 15) is 0 Å². The third-order valence-corrected chi connectivity index (χ3v) is 3.50. The van der Waals surface area contributed by atoms with Crippen LogP contribution < -0.4 is 5.32 Å². The average molecular weight is 179 g/mol. The van der Waals surface area contributed by atoms with Crippen LogP contribution in [0.3, 0.4) is 0 Å². The highest BCUT2D eigenvalue weighted by molar-refractivity contribution is 5.19. The number of rotatable bonds is 0. The lowest BCUT2D eigenvalue weighted by atomic mass is 9.87. The number of nitrogens with one attached hydrogen (secondary N) is 1. The minimum atomic E-state index is 0.743. The van der Waals surface area contributed by atoms with Gasteiger partial charge in [-0.25, -0.2) is 0 Å². The first-order valence-electron chi connectivity index (χ1n) is 5.79. The monoisotopic (exact) mass is 179 g/mol. The van der Waals surface area contributed by atoms with Gasteiger partial charge in [0.25, 0.3) is 0 Å². The van der Waals surface area contributed by atoms with Gasteiger partial charge in [0.05, 0.1) is 0 Å². The number of hydrogen-bond donors (Lipinski definition) is 1. The fourth-order valence-electron chi connectivity index (χ4n) is 2.51. The lowest BCUT2D eigenvalue weighted by molar-refractivity contribution is 0.474. The van der Waals surface area contributed by atoms with Gasteiger partial charge in [0.1, 0.15) is 0 Å². The predicted molar refractivity (Wildman–Crippen MR) is 56.8 cm³/mol. The zero-order valence-electron chi connectivity index (χ0n) is 8.73. The fraction of sp³-hybridized carbons (Fsp3) is 0.833. The van der Waals surface area contributed by atoms with Crippen LogP contribution in [0, 0.1) is 0 Å². The van der Waals surface area contributed by atoms with E-state index in [0.29, 0.717) is 0 Å². The summed E-state index contributed by atoms with van der Waals surface area (Å²) in [6.07, 6.45) is 9.84. The first kappa shape index (κ1) is 9.26. The molecule has 1 saturated heterocycles. The molecule has 2 aliphatic rings. The molecule has 0 radical (unpaired) electrons. The van der Waals surface area contributed by atoms with Gasteiger partial charge < -0.3 is 5.32 Å². The van der Waals surface area contributed by atoms with Gasteiger partial charge in [-0.1, -0.05) is 17.6 Å². The van der Waals surface area contributed by atoms with Crippen molar-refractivity contribution in [2.45, 2.75) is 57.9 Å². The second-order valence-electron chi connectivity index (χ2n) is 4.59. The molecule has 74 valence electrons. The van der Waals surface area contributed by atoms with Crippen molar-refractivity contribution < 1.29 is 0 Å². The summed E-state index contributed by atoms with van der Waals surface area (Å²) in [5.41, 5.74) is 3.54. The highest BCUT2D eigenvalue weighted by atomic mass is 14.9. The Bertz CT molecular complexity index is 187. The Balaban J connectivity index is 1.97. The molecule has 0 aromatic heterocycles. The minimum Gasteiger partial charge on any atom is -0.311 e. The summed E-state index contributed by atoms with van der Waals surface area (Å²) < 4.78 is 0. The van der Waals surface area contributed by atoms with Crippen LogP contribution >= 0.6 is 0 Å². The van der Waals surface area contributed by atoms with Gasteiger partial charge in [0.2, 0.25) is 0 Å². The molecule has 0 bridgehead atoms. The van der Waals surface area contributed by atoms with Crippen molar-refractivity contribution >= 4 is 0 Å². The van der Waals surface area contributed by atoms with Gasteiger partial charge in [-0.2, -0.15) is 0 Å². The fourth-order valence-corrected chi connectivity index (χ4v) is 2.51. The molecule has 2 fully saturated rings. The van der Waals surface area contributed by atoms with Gasteiger partial charge in [-0.05, 0) is 45.4 Å². The highest BCUT2D eigenvalue weighted by Gasteiger charge is 2.16. The molecule has 2 rings (SSSR count). The topological polar surface area (TPSA) is 12.0 Å². The van der Waals surface area contributed by atoms with Crippen molar-refractivity contribution in [1.82, 2.24) is 5.32 Å². The molecule has 0 amide bonds. The Labute approximate surface area is 81.6 Å². The summed E-state index contributed by atoms with van der Waals surface area (Å²) >= 11 is 0. The quantitative estimate of drug-likeness (QED) is 0.564. The lowest BCUT2D eigenvalue weighted by Crippen LogP contribution is -2.33. The number of allylic oxidation sites excluding steroid dienone is 1. The molecule has 1 heterocycles. The van der Waals surface area contributed by atoms with Gasteiger partial charge in [-0.15, -0.1) is 0 Å². The zero-order valence-corrected chi connectivity index (χ0v) is 8.73. The minimum absolute atomic E-state index is 0.743. The maximum absolute atomic E-state index is 3.57. The van der Waals surface area contributed by atoms with Crippen LogP contribution in [-0.4, -0.2) is 12.6 Å². The molecule has 1 unspecified atom stereocenters. The van der Waals surface area contributed by atoms with E-state index >= 15 is 0 Å². The van der Waals surface area contributed by atoms with Crippen LogP contribution in [0.25, 0.3) is 0 Å².